The van der Waals surface area contributed by atoms with Gasteiger partial charge in [-0.1, -0.05) is 19.8 Å². The van der Waals surface area contributed by atoms with E-state index in [1.807, 2.05) is 13.0 Å². The average Bonchev–Trinajstić information content (AvgIpc) is 3.26. The van der Waals surface area contributed by atoms with Gasteiger partial charge in [0.25, 0.3) is 0 Å². The largest absolute Gasteiger partial charge is 0.511 e. The molecule has 1 amide bonds. The summed E-state index contributed by atoms with van der Waals surface area (Å²) in [5.41, 5.74) is 2.54. The van der Waals surface area contributed by atoms with Crippen molar-refractivity contribution in [3.63, 3.8) is 0 Å². The number of hydrogen-bond acceptors (Lipinski definition) is 7. The number of rotatable bonds is 5. The Morgan fingerprint density at radius 3 is 2.61 bits per heavy atom. The summed E-state index contributed by atoms with van der Waals surface area (Å²) >= 11 is 0. The number of carbonyl (C=O) groups excluding carboxylic acids is 1. The molecule has 164 valence electrons. The lowest BCUT2D eigenvalue weighted by molar-refractivity contribution is -0.120. The van der Waals surface area contributed by atoms with Gasteiger partial charge in [-0.2, -0.15) is 0 Å². The highest BCUT2D eigenvalue weighted by Gasteiger charge is 2.40. The molecule has 9 nitrogen and oxygen atoms in total. The first-order valence-corrected chi connectivity index (χ1v) is 10.6. The summed E-state index contributed by atoms with van der Waals surface area (Å²) in [7, 11) is 1.80. The molecule has 9 heteroatoms. The van der Waals surface area contributed by atoms with E-state index in [4.69, 9.17) is 5.11 Å². The molecule has 1 saturated carbocycles. The van der Waals surface area contributed by atoms with E-state index in [1.165, 1.54) is 19.0 Å². The zero-order valence-electron chi connectivity index (χ0n) is 18.0. The molecule has 2 aromatic heterocycles. The number of hydrogen-bond donors (Lipinski definition) is 2. The van der Waals surface area contributed by atoms with Crippen LogP contribution in [0.15, 0.2) is 24.5 Å². The molecule has 1 fully saturated rings. The third kappa shape index (κ3) is 3.99. The van der Waals surface area contributed by atoms with Gasteiger partial charge >= 0.3 is 6.16 Å². The lowest BCUT2D eigenvalue weighted by Gasteiger charge is -2.44. The van der Waals surface area contributed by atoms with Crippen molar-refractivity contribution in [2.24, 2.45) is 0 Å². The summed E-state index contributed by atoms with van der Waals surface area (Å²) in [6, 6.07) is 3.75. The number of carbonyl (C=O) groups is 2. The predicted octanol–water partition coefficient (Wildman–Crippen LogP) is 4.09. The second-order valence-electron chi connectivity index (χ2n) is 8.05. The molecule has 0 spiro atoms. The Morgan fingerprint density at radius 2 is 1.97 bits per heavy atom. The number of ether oxygens (including phenoxy) is 1. The van der Waals surface area contributed by atoms with Crippen LogP contribution in [0.5, 0.6) is 5.75 Å². The van der Waals surface area contributed by atoms with Gasteiger partial charge in [-0.25, -0.2) is 14.8 Å². The smallest absolute Gasteiger partial charge is 0.449 e. The highest BCUT2D eigenvalue weighted by Crippen LogP contribution is 2.41. The Balaban J connectivity index is 1.67. The first-order valence-electron chi connectivity index (χ1n) is 10.6. The molecule has 1 atom stereocenters. The first-order chi connectivity index (χ1) is 14.9. The lowest BCUT2D eigenvalue weighted by Crippen LogP contribution is -2.55. The van der Waals surface area contributed by atoms with E-state index in [9.17, 15) is 9.59 Å². The minimum Gasteiger partial charge on any atom is -0.449 e. The second-order valence-corrected chi connectivity index (χ2v) is 8.05. The van der Waals surface area contributed by atoms with Gasteiger partial charge in [0, 0.05) is 19.2 Å². The summed E-state index contributed by atoms with van der Waals surface area (Å²) < 4.78 is 4.66. The number of nitrogens with zero attached hydrogens (tertiary/aromatic N) is 4. The molecular formula is C22H27N5O4. The Hall–Kier alpha value is -3.36. The molecular weight excluding hydrogens is 398 g/mol. The highest BCUT2D eigenvalue weighted by atomic mass is 16.7. The van der Waals surface area contributed by atoms with Crippen LogP contribution >= 0.6 is 0 Å². The van der Waals surface area contributed by atoms with E-state index in [0.717, 1.165) is 36.2 Å². The van der Waals surface area contributed by atoms with Crippen LogP contribution in [0.3, 0.4) is 0 Å². The number of fused-ring (bicyclic) bond motifs is 1. The predicted molar refractivity (Wildman–Crippen MR) is 117 cm³/mol. The summed E-state index contributed by atoms with van der Waals surface area (Å²) in [5.74, 6) is 1.44. The molecule has 2 N–H and O–H groups in total. The van der Waals surface area contributed by atoms with Crippen LogP contribution in [0, 0.1) is 6.92 Å². The van der Waals surface area contributed by atoms with Crippen LogP contribution in [-0.4, -0.2) is 46.3 Å². The van der Waals surface area contributed by atoms with Crippen molar-refractivity contribution in [3.05, 3.63) is 30.1 Å². The summed E-state index contributed by atoms with van der Waals surface area (Å²) in [6.07, 6.45) is 6.98. The molecule has 2 aliphatic rings. The van der Waals surface area contributed by atoms with Gasteiger partial charge in [0.05, 0.1) is 23.8 Å². The van der Waals surface area contributed by atoms with E-state index < -0.39 is 6.16 Å². The van der Waals surface area contributed by atoms with E-state index in [2.05, 4.69) is 31.8 Å². The van der Waals surface area contributed by atoms with Gasteiger partial charge in [0.15, 0.2) is 5.75 Å². The monoisotopic (exact) mass is 425 g/mol. The van der Waals surface area contributed by atoms with Gasteiger partial charge in [-0.05, 0) is 37.8 Å². The molecule has 1 aliphatic heterocycles. The number of aryl methyl sites for hydroxylation is 1. The van der Waals surface area contributed by atoms with Gasteiger partial charge < -0.3 is 25.0 Å². The minimum absolute atomic E-state index is 0.107. The fraction of sp³-hybridized carbons (Fsp3) is 0.455. The van der Waals surface area contributed by atoms with Crippen LogP contribution in [0.2, 0.25) is 0 Å². The zero-order valence-corrected chi connectivity index (χ0v) is 18.0. The highest BCUT2D eigenvalue weighted by molar-refractivity contribution is 6.05. The van der Waals surface area contributed by atoms with E-state index in [-0.39, 0.29) is 17.7 Å². The molecule has 0 saturated heterocycles. The fourth-order valence-corrected chi connectivity index (χ4v) is 4.56. The van der Waals surface area contributed by atoms with Crippen LogP contribution in [0.1, 0.15) is 44.6 Å². The van der Waals surface area contributed by atoms with Crippen LogP contribution in [-0.2, 0) is 4.79 Å². The van der Waals surface area contributed by atoms with Crippen molar-refractivity contribution >= 4 is 35.1 Å². The summed E-state index contributed by atoms with van der Waals surface area (Å²) in [6.45, 7) is 3.87. The maximum absolute atomic E-state index is 13.0. The van der Waals surface area contributed by atoms with Crippen LogP contribution < -0.4 is 19.9 Å². The molecule has 31 heavy (non-hydrogen) atoms. The summed E-state index contributed by atoms with van der Waals surface area (Å²) in [5, 5.41) is 12.0. The minimum atomic E-state index is -1.38. The SMILES string of the molecule is CC[C@@H]1C(=O)N(C)c2cnc(Nc3ncc(OC(=O)O)cc3C)cc2N1C1CCCC1. The van der Waals surface area contributed by atoms with E-state index in [0.29, 0.717) is 17.7 Å². The van der Waals surface area contributed by atoms with Crippen molar-refractivity contribution < 1.29 is 19.4 Å². The number of carboxylic acid groups (broad SMARTS) is 1. The average molecular weight is 425 g/mol. The zero-order chi connectivity index (χ0) is 22.1. The normalized spacial score (nSPS) is 18.8. The lowest BCUT2D eigenvalue weighted by atomic mass is 10.0. The van der Waals surface area contributed by atoms with Crippen molar-refractivity contribution in [2.75, 3.05) is 22.2 Å². The third-order valence-corrected chi connectivity index (χ3v) is 6.06. The molecule has 4 rings (SSSR count). The molecule has 0 bridgehead atoms. The number of anilines is 4. The number of amides is 1. The molecule has 0 unspecified atom stereocenters. The number of pyridine rings is 2. The fourth-order valence-electron chi connectivity index (χ4n) is 4.56. The van der Waals surface area contributed by atoms with Crippen molar-refractivity contribution in [1.82, 2.24) is 9.97 Å². The second kappa shape index (κ2) is 8.41. The third-order valence-electron chi connectivity index (χ3n) is 6.06. The van der Waals surface area contributed by atoms with Crippen molar-refractivity contribution in [3.8, 4) is 5.75 Å². The first kappa shape index (κ1) is 20.9. The Morgan fingerprint density at radius 1 is 1.23 bits per heavy atom. The van der Waals surface area contributed by atoms with E-state index in [1.54, 1.807) is 24.2 Å². The van der Waals surface area contributed by atoms with Gasteiger partial charge in [0.1, 0.15) is 17.7 Å². The molecule has 0 aromatic carbocycles. The van der Waals surface area contributed by atoms with Gasteiger partial charge in [-0.15, -0.1) is 0 Å². The molecule has 2 aromatic rings. The van der Waals surface area contributed by atoms with Crippen LogP contribution in [0.25, 0.3) is 0 Å². The number of nitrogens with one attached hydrogen (secondary N) is 1. The van der Waals surface area contributed by atoms with E-state index >= 15 is 0 Å². The Kier molecular flexibility index (Phi) is 5.67. The maximum Gasteiger partial charge on any atom is 0.511 e. The number of likely N-dealkylation sites (N-methyl/N-ethyl adjacent to an activating group) is 1. The Labute approximate surface area is 181 Å². The van der Waals surface area contributed by atoms with Gasteiger partial charge in [0.2, 0.25) is 5.91 Å². The topological polar surface area (TPSA) is 108 Å². The van der Waals surface area contributed by atoms with Crippen LogP contribution in [0.4, 0.5) is 27.8 Å². The molecule has 1 aliphatic carbocycles. The molecule has 3 heterocycles. The number of aromatic nitrogens is 2. The van der Waals surface area contributed by atoms with Gasteiger partial charge in [-0.3, -0.25) is 4.79 Å². The Bertz CT molecular complexity index is 1010. The summed E-state index contributed by atoms with van der Waals surface area (Å²) in [4.78, 5) is 36.5. The molecule has 0 radical (unpaired) electrons. The maximum atomic E-state index is 13.0. The standard InChI is InChI=1S/C22H27N5O4/c1-4-16-21(28)26(3)18-12-23-19(10-17(18)27(16)14-7-5-6-8-14)25-20-13(2)9-15(11-24-20)31-22(29)30/h9-12,14,16H,4-8H2,1-3H3,(H,29,30)(H,23,24,25)/t16-/m1/s1. The van der Waals surface area contributed by atoms with Crippen molar-refractivity contribution in [1.29, 1.82) is 0 Å². The quantitative estimate of drug-likeness (QED) is 0.690. The van der Waals surface area contributed by atoms with Crippen molar-refractivity contribution in [2.45, 2.75) is 58.0 Å².